The quantitative estimate of drug-likeness (QED) is 0.767. The monoisotopic (exact) mass is 347 g/mol. The van der Waals surface area contributed by atoms with E-state index in [0.717, 1.165) is 12.0 Å². The fourth-order valence-electron chi connectivity index (χ4n) is 3.02. The Morgan fingerprint density at radius 1 is 1.40 bits per heavy atom. The number of hydrogen-bond donors (Lipinski definition) is 1. The fourth-order valence-corrected chi connectivity index (χ4v) is 3.02. The first-order chi connectivity index (χ1) is 12.0. The number of ether oxygens (including phenoxy) is 2. The zero-order valence-corrected chi connectivity index (χ0v) is 14.7. The third-order valence-corrected chi connectivity index (χ3v) is 4.43. The van der Waals surface area contributed by atoms with Gasteiger partial charge in [0.1, 0.15) is 6.04 Å². The van der Waals surface area contributed by atoms with Gasteiger partial charge in [-0.25, -0.2) is 4.79 Å². The van der Waals surface area contributed by atoms with E-state index in [-0.39, 0.29) is 12.5 Å². The van der Waals surface area contributed by atoms with Crippen LogP contribution >= 0.6 is 0 Å². The highest BCUT2D eigenvalue weighted by Gasteiger charge is 2.34. The SMILES string of the molecule is C=CCc1ccc(OCC(=O)N2CCC(C)CC2C(=O)O)c(OC)c1. The van der Waals surface area contributed by atoms with Crippen molar-refractivity contribution in [3.05, 3.63) is 36.4 Å². The number of nitrogens with zero attached hydrogens (tertiary/aromatic N) is 1. The number of aliphatic carboxylic acids is 1. The number of piperidine rings is 1. The second-order valence-electron chi connectivity index (χ2n) is 6.34. The molecule has 1 N–H and O–H groups in total. The maximum absolute atomic E-state index is 12.4. The van der Waals surface area contributed by atoms with Crippen LogP contribution < -0.4 is 9.47 Å². The minimum Gasteiger partial charge on any atom is -0.493 e. The van der Waals surface area contributed by atoms with E-state index in [1.54, 1.807) is 12.1 Å². The molecule has 1 heterocycles. The smallest absolute Gasteiger partial charge is 0.326 e. The lowest BCUT2D eigenvalue weighted by molar-refractivity contribution is -0.153. The molecule has 1 saturated heterocycles. The maximum atomic E-state index is 12.4. The number of rotatable bonds is 7. The van der Waals surface area contributed by atoms with Crippen molar-refractivity contribution in [3.8, 4) is 11.5 Å². The molecule has 0 aromatic heterocycles. The van der Waals surface area contributed by atoms with Gasteiger partial charge in [0.2, 0.25) is 0 Å². The molecule has 0 bridgehead atoms. The van der Waals surface area contributed by atoms with Crippen molar-refractivity contribution in [3.63, 3.8) is 0 Å². The van der Waals surface area contributed by atoms with Crippen molar-refractivity contribution >= 4 is 11.9 Å². The number of allylic oxidation sites excluding steroid dienone is 1. The lowest BCUT2D eigenvalue weighted by atomic mass is 9.92. The van der Waals surface area contributed by atoms with Crippen LogP contribution in [0.4, 0.5) is 0 Å². The van der Waals surface area contributed by atoms with Crippen LogP contribution in [0.1, 0.15) is 25.3 Å². The molecule has 1 aliphatic heterocycles. The Balaban J connectivity index is 2.03. The van der Waals surface area contributed by atoms with Crippen LogP contribution in [0, 0.1) is 5.92 Å². The van der Waals surface area contributed by atoms with Crippen molar-refractivity contribution < 1.29 is 24.2 Å². The lowest BCUT2D eigenvalue weighted by Crippen LogP contribution is -2.51. The largest absolute Gasteiger partial charge is 0.493 e. The van der Waals surface area contributed by atoms with Crippen molar-refractivity contribution in [2.75, 3.05) is 20.3 Å². The van der Waals surface area contributed by atoms with Crippen LogP contribution in [0.5, 0.6) is 11.5 Å². The van der Waals surface area contributed by atoms with Crippen LogP contribution in [0.3, 0.4) is 0 Å². The predicted octanol–water partition coefficient (Wildman–Crippen LogP) is 2.51. The molecule has 1 amide bonds. The van der Waals surface area contributed by atoms with E-state index < -0.39 is 12.0 Å². The number of carbonyl (C=O) groups excluding carboxylic acids is 1. The minimum absolute atomic E-state index is 0.213. The van der Waals surface area contributed by atoms with Gasteiger partial charge in [0.05, 0.1) is 7.11 Å². The summed E-state index contributed by atoms with van der Waals surface area (Å²) in [6.45, 7) is 5.93. The van der Waals surface area contributed by atoms with Gasteiger partial charge in [-0.3, -0.25) is 4.79 Å². The summed E-state index contributed by atoms with van der Waals surface area (Å²) in [5.41, 5.74) is 1.03. The summed E-state index contributed by atoms with van der Waals surface area (Å²) in [5.74, 6) is 0.00135. The third-order valence-electron chi connectivity index (χ3n) is 4.43. The van der Waals surface area contributed by atoms with E-state index in [0.29, 0.717) is 36.8 Å². The van der Waals surface area contributed by atoms with Gasteiger partial charge in [0, 0.05) is 6.54 Å². The number of methoxy groups -OCH3 is 1. The average Bonchev–Trinajstić information content (AvgIpc) is 2.60. The van der Waals surface area contributed by atoms with E-state index >= 15 is 0 Å². The molecule has 25 heavy (non-hydrogen) atoms. The molecule has 1 aromatic rings. The highest BCUT2D eigenvalue weighted by atomic mass is 16.5. The zero-order chi connectivity index (χ0) is 18.4. The van der Waals surface area contributed by atoms with Gasteiger partial charge in [-0.1, -0.05) is 19.1 Å². The summed E-state index contributed by atoms with van der Waals surface area (Å²) in [6.07, 6.45) is 3.78. The summed E-state index contributed by atoms with van der Waals surface area (Å²) in [4.78, 5) is 25.3. The molecule has 0 radical (unpaired) electrons. The number of amides is 1. The second-order valence-corrected chi connectivity index (χ2v) is 6.34. The zero-order valence-electron chi connectivity index (χ0n) is 14.7. The summed E-state index contributed by atoms with van der Waals surface area (Å²) >= 11 is 0. The van der Waals surface area contributed by atoms with Crippen molar-refractivity contribution in [1.29, 1.82) is 0 Å². The Hall–Kier alpha value is -2.50. The first-order valence-corrected chi connectivity index (χ1v) is 8.39. The Morgan fingerprint density at radius 2 is 2.16 bits per heavy atom. The van der Waals surface area contributed by atoms with Crippen molar-refractivity contribution in [2.24, 2.45) is 5.92 Å². The highest BCUT2D eigenvalue weighted by molar-refractivity contribution is 5.84. The molecule has 1 aliphatic rings. The standard InChI is InChI=1S/C19H25NO5/c1-4-5-14-6-7-16(17(11-14)24-3)25-12-18(21)20-9-8-13(2)10-15(20)19(22)23/h4,6-7,11,13,15H,1,5,8-10,12H2,2-3H3,(H,22,23). The van der Waals surface area contributed by atoms with Crippen LogP contribution in [0.15, 0.2) is 30.9 Å². The summed E-state index contributed by atoms with van der Waals surface area (Å²) in [6, 6.07) is 4.69. The second kappa shape index (κ2) is 8.55. The number of carboxylic acids is 1. The minimum atomic E-state index is -0.966. The normalized spacial score (nSPS) is 20.0. The maximum Gasteiger partial charge on any atom is 0.326 e. The predicted molar refractivity (Wildman–Crippen MR) is 93.9 cm³/mol. The van der Waals surface area contributed by atoms with Gasteiger partial charge in [-0.15, -0.1) is 6.58 Å². The Kier molecular flexibility index (Phi) is 6.44. The van der Waals surface area contributed by atoms with E-state index in [1.807, 2.05) is 19.1 Å². The van der Waals surface area contributed by atoms with Crippen molar-refractivity contribution in [1.82, 2.24) is 4.90 Å². The highest BCUT2D eigenvalue weighted by Crippen LogP contribution is 2.29. The summed E-state index contributed by atoms with van der Waals surface area (Å²) in [7, 11) is 1.54. The molecule has 2 rings (SSSR count). The van der Waals surface area contributed by atoms with Gasteiger partial charge >= 0.3 is 5.97 Å². The molecule has 0 saturated carbocycles. The van der Waals surface area contributed by atoms with Gasteiger partial charge in [0.25, 0.3) is 5.91 Å². The molecule has 1 aromatic carbocycles. The van der Waals surface area contributed by atoms with Crippen LogP contribution in [0.2, 0.25) is 0 Å². The van der Waals surface area contributed by atoms with E-state index in [9.17, 15) is 14.7 Å². The first-order valence-electron chi connectivity index (χ1n) is 8.39. The molecule has 0 spiro atoms. The van der Waals surface area contributed by atoms with E-state index in [1.165, 1.54) is 12.0 Å². The molecule has 1 fully saturated rings. The molecule has 136 valence electrons. The third kappa shape index (κ3) is 4.75. The topological polar surface area (TPSA) is 76.1 Å². The molecule has 2 atom stereocenters. The first kappa shape index (κ1) is 18.8. The number of carbonyl (C=O) groups is 2. The van der Waals surface area contributed by atoms with Crippen LogP contribution in [-0.2, 0) is 16.0 Å². The number of likely N-dealkylation sites (tertiary alicyclic amines) is 1. The Morgan fingerprint density at radius 3 is 2.80 bits per heavy atom. The van der Waals surface area contributed by atoms with Gasteiger partial charge < -0.3 is 19.5 Å². The van der Waals surface area contributed by atoms with Gasteiger partial charge in [-0.05, 0) is 42.9 Å². The molecular formula is C19H25NO5. The van der Waals surface area contributed by atoms with Crippen molar-refractivity contribution in [2.45, 2.75) is 32.2 Å². The van der Waals surface area contributed by atoms with Gasteiger partial charge in [-0.2, -0.15) is 0 Å². The van der Waals surface area contributed by atoms with Gasteiger partial charge in [0.15, 0.2) is 18.1 Å². The fraction of sp³-hybridized carbons (Fsp3) is 0.474. The molecule has 6 nitrogen and oxygen atoms in total. The molecule has 0 aliphatic carbocycles. The van der Waals surface area contributed by atoms with E-state index in [2.05, 4.69) is 6.58 Å². The Bertz CT molecular complexity index is 643. The number of benzene rings is 1. The summed E-state index contributed by atoms with van der Waals surface area (Å²) < 4.78 is 10.9. The summed E-state index contributed by atoms with van der Waals surface area (Å²) in [5, 5.41) is 9.36. The number of carboxylic acid groups (broad SMARTS) is 1. The molecular weight excluding hydrogens is 322 g/mol. The number of hydrogen-bond acceptors (Lipinski definition) is 4. The molecule has 2 unspecified atom stereocenters. The molecule has 6 heteroatoms. The van der Waals surface area contributed by atoms with E-state index in [4.69, 9.17) is 9.47 Å². The van der Waals surface area contributed by atoms with Crippen LogP contribution in [-0.4, -0.2) is 48.2 Å². The average molecular weight is 347 g/mol. The van der Waals surface area contributed by atoms with Crippen LogP contribution in [0.25, 0.3) is 0 Å². The Labute approximate surface area is 148 Å². The lowest BCUT2D eigenvalue weighted by Gasteiger charge is -2.35.